The van der Waals surface area contributed by atoms with Crippen molar-refractivity contribution >= 4 is 18.4 Å². The number of aliphatic carboxylic acids is 1. The summed E-state index contributed by atoms with van der Waals surface area (Å²) in [5.74, 6) is -1.45. The average molecular weight is 289 g/mol. The number of piperazine rings is 1. The van der Waals surface area contributed by atoms with E-state index < -0.39 is 17.8 Å². The first-order valence-corrected chi connectivity index (χ1v) is 5.99. The van der Waals surface area contributed by atoms with E-state index in [1.165, 1.54) is 6.07 Å². The summed E-state index contributed by atoms with van der Waals surface area (Å²) in [6, 6.07) is 5.21. The second-order valence-corrected chi connectivity index (χ2v) is 4.60. The fourth-order valence-electron chi connectivity index (χ4n) is 2.26. The number of benzene rings is 1. The molecule has 0 saturated carbocycles. The molecule has 0 bridgehead atoms. The number of likely N-dealkylation sites (N-methyl/N-ethyl adjacent to an activating group) is 1. The lowest BCUT2D eigenvalue weighted by Crippen LogP contribution is -2.48. The highest BCUT2D eigenvalue weighted by molar-refractivity contribution is 5.85. The van der Waals surface area contributed by atoms with Gasteiger partial charge in [-0.15, -0.1) is 12.4 Å². The first-order valence-electron chi connectivity index (χ1n) is 5.99. The summed E-state index contributed by atoms with van der Waals surface area (Å²) in [5, 5.41) is 9.35. The van der Waals surface area contributed by atoms with Gasteiger partial charge in [-0.3, -0.25) is 9.69 Å². The van der Waals surface area contributed by atoms with E-state index in [1.807, 2.05) is 11.9 Å². The summed E-state index contributed by atoms with van der Waals surface area (Å²) in [6.07, 6.45) is 0. The minimum absolute atomic E-state index is 0. The minimum Gasteiger partial charge on any atom is -0.480 e. The van der Waals surface area contributed by atoms with Crippen molar-refractivity contribution in [2.24, 2.45) is 0 Å². The first-order chi connectivity index (χ1) is 8.59. The van der Waals surface area contributed by atoms with Crippen molar-refractivity contribution in [3.63, 3.8) is 0 Å². The second kappa shape index (κ2) is 6.84. The Morgan fingerprint density at radius 1 is 1.26 bits per heavy atom. The van der Waals surface area contributed by atoms with Gasteiger partial charge in [-0.25, -0.2) is 4.39 Å². The topological polar surface area (TPSA) is 43.8 Å². The van der Waals surface area contributed by atoms with Crippen LogP contribution in [0.25, 0.3) is 0 Å². The molecule has 19 heavy (non-hydrogen) atoms. The fraction of sp³-hybridized carbons (Fsp3) is 0.462. The van der Waals surface area contributed by atoms with E-state index in [0.29, 0.717) is 13.1 Å². The molecule has 1 heterocycles. The zero-order chi connectivity index (χ0) is 13.1. The number of hydrogen-bond donors (Lipinski definition) is 1. The Morgan fingerprint density at radius 3 is 2.37 bits per heavy atom. The number of halogens is 2. The van der Waals surface area contributed by atoms with Crippen LogP contribution in [0.2, 0.25) is 0 Å². The molecule has 106 valence electrons. The van der Waals surface area contributed by atoms with E-state index >= 15 is 0 Å². The van der Waals surface area contributed by atoms with Crippen LogP contribution in [0.15, 0.2) is 24.3 Å². The van der Waals surface area contributed by atoms with Crippen molar-refractivity contribution in [3.8, 4) is 0 Å². The van der Waals surface area contributed by atoms with E-state index in [9.17, 15) is 14.3 Å². The molecular weight excluding hydrogens is 271 g/mol. The maximum Gasteiger partial charge on any atom is 0.325 e. The highest BCUT2D eigenvalue weighted by Gasteiger charge is 2.31. The van der Waals surface area contributed by atoms with E-state index in [4.69, 9.17) is 0 Å². The minimum atomic E-state index is -0.996. The number of carboxylic acids is 1. The van der Waals surface area contributed by atoms with Crippen LogP contribution in [-0.2, 0) is 4.79 Å². The summed E-state index contributed by atoms with van der Waals surface area (Å²) >= 11 is 0. The standard InChI is InChI=1S/C13H17FN2O2.ClH/c1-15-6-8-16(9-7-15)12(13(17)18)10-4-2-3-5-11(10)14;/h2-5,12H,6-9H2,1H3,(H,17,18);1H. The van der Waals surface area contributed by atoms with E-state index in [1.54, 1.807) is 18.2 Å². The van der Waals surface area contributed by atoms with Crippen LogP contribution < -0.4 is 0 Å². The lowest BCUT2D eigenvalue weighted by Gasteiger charge is -2.36. The molecule has 1 aliphatic rings. The normalized spacial score (nSPS) is 18.6. The number of hydrogen-bond acceptors (Lipinski definition) is 3. The van der Waals surface area contributed by atoms with E-state index in [2.05, 4.69) is 4.90 Å². The van der Waals surface area contributed by atoms with Crippen molar-refractivity contribution in [3.05, 3.63) is 35.6 Å². The van der Waals surface area contributed by atoms with Gasteiger partial charge in [0, 0.05) is 31.7 Å². The fourth-order valence-corrected chi connectivity index (χ4v) is 2.26. The predicted octanol–water partition coefficient (Wildman–Crippen LogP) is 1.62. The molecule has 2 rings (SSSR count). The lowest BCUT2D eigenvalue weighted by molar-refractivity contribution is -0.144. The molecule has 1 atom stereocenters. The predicted molar refractivity (Wildman–Crippen MR) is 73.1 cm³/mol. The summed E-state index contributed by atoms with van der Waals surface area (Å²) in [5.41, 5.74) is 0.245. The number of carbonyl (C=O) groups is 1. The maximum atomic E-state index is 13.7. The largest absolute Gasteiger partial charge is 0.480 e. The van der Waals surface area contributed by atoms with Crippen molar-refractivity contribution in [1.82, 2.24) is 9.80 Å². The van der Waals surface area contributed by atoms with E-state index in [0.717, 1.165) is 13.1 Å². The first kappa shape index (κ1) is 15.9. The third-order valence-corrected chi connectivity index (χ3v) is 3.34. The average Bonchev–Trinajstić information content (AvgIpc) is 2.34. The molecule has 1 saturated heterocycles. The smallest absolute Gasteiger partial charge is 0.325 e. The second-order valence-electron chi connectivity index (χ2n) is 4.60. The molecule has 1 unspecified atom stereocenters. The SMILES string of the molecule is CN1CCN(C(C(=O)O)c2ccccc2F)CC1.Cl. The number of carboxylic acid groups (broad SMARTS) is 1. The van der Waals surface area contributed by atoms with Gasteiger partial charge in [-0.2, -0.15) is 0 Å². The van der Waals surface area contributed by atoms with Crippen molar-refractivity contribution in [1.29, 1.82) is 0 Å². The number of nitrogens with zero attached hydrogens (tertiary/aromatic N) is 2. The molecule has 1 fully saturated rings. The molecule has 0 radical (unpaired) electrons. The van der Waals surface area contributed by atoms with Crippen molar-refractivity contribution in [2.75, 3.05) is 33.2 Å². The van der Waals surface area contributed by atoms with Gasteiger partial charge in [-0.1, -0.05) is 18.2 Å². The zero-order valence-electron chi connectivity index (χ0n) is 10.8. The molecule has 1 aromatic rings. The molecule has 0 aromatic heterocycles. The van der Waals surface area contributed by atoms with Crippen molar-refractivity contribution < 1.29 is 14.3 Å². The van der Waals surface area contributed by atoms with E-state index in [-0.39, 0.29) is 18.0 Å². The highest BCUT2D eigenvalue weighted by atomic mass is 35.5. The van der Waals surface area contributed by atoms with Crippen LogP contribution in [0.4, 0.5) is 4.39 Å². The summed E-state index contributed by atoms with van der Waals surface area (Å²) in [4.78, 5) is 15.4. The molecule has 4 nitrogen and oxygen atoms in total. The van der Waals surface area contributed by atoms with Crippen molar-refractivity contribution in [2.45, 2.75) is 6.04 Å². The summed E-state index contributed by atoms with van der Waals surface area (Å²) < 4.78 is 13.7. The van der Waals surface area contributed by atoms with Gasteiger partial charge in [0.2, 0.25) is 0 Å². The Bertz CT molecular complexity index is 436. The van der Waals surface area contributed by atoms with Gasteiger partial charge < -0.3 is 10.0 Å². The third kappa shape index (κ3) is 3.65. The zero-order valence-corrected chi connectivity index (χ0v) is 11.6. The van der Waals surface area contributed by atoms with Gasteiger partial charge in [0.1, 0.15) is 11.9 Å². The Morgan fingerprint density at radius 2 is 1.84 bits per heavy atom. The Hall–Kier alpha value is -1.17. The Labute approximate surface area is 118 Å². The highest BCUT2D eigenvalue weighted by Crippen LogP contribution is 2.24. The molecule has 0 amide bonds. The molecule has 1 N–H and O–H groups in total. The maximum absolute atomic E-state index is 13.7. The lowest BCUT2D eigenvalue weighted by atomic mass is 10.0. The van der Waals surface area contributed by atoms with Crippen LogP contribution in [-0.4, -0.2) is 54.1 Å². The van der Waals surface area contributed by atoms with Crippen LogP contribution in [0.1, 0.15) is 11.6 Å². The summed E-state index contributed by atoms with van der Waals surface area (Å²) in [7, 11) is 2.00. The third-order valence-electron chi connectivity index (χ3n) is 3.34. The van der Waals surface area contributed by atoms with Crippen LogP contribution in [0.3, 0.4) is 0 Å². The molecule has 1 aromatic carbocycles. The van der Waals surface area contributed by atoms with Gasteiger partial charge in [0.05, 0.1) is 0 Å². The Kier molecular flexibility index (Phi) is 5.72. The quantitative estimate of drug-likeness (QED) is 0.918. The molecule has 0 aliphatic carbocycles. The van der Waals surface area contributed by atoms with Gasteiger partial charge in [-0.05, 0) is 13.1 Å². The van der Waals surface area contributed by atoms with Gasteiger partial charge in [0.25, 0.3) is 0 Å². The molecular formula is C13H18ClFN2O2. The van der Waals surface area contributed by atoms with Crippen LogP contribution >= 0.6 is 12.4 Å². The van der Waals surface area contributed by atoms with Gasteiger partial charge in [0.15, 0.2) is 0 Å². The number of rotatable bonds is 3. The Balaban J connectivity index is 0.00000180. The monoisotopic (exact) mass is 288 g/mol. The molecule has 0 spiro atoms. The molecule has 1 aliphatic heterocycles. The summed E-state index contributed by atoms with van der Waals surface area (Å²) in [6.45, 7) is 2.89. The van der Waals surface area contributed by atoms with Gasteiger partial charge >= 0.3 is 5.97 Å². The molecule has 6 heteroatoms. The van der Waals surface area contributed by atoms with Crippen LogP contribution in [0.5, 0.6) is 0 Å². The van der Waals surface area contributed by atoms with Crippen LogP contribution in [0, 0.1) is 5.82 Å².